The van der Waals surface area contributed by atoms with E-state index in [1.807, 2.05) is 71.4 Å². The van der Waals surface area contributed by atoms with Crippen molar-refractivity contribution in [2.24, 2.45) is 0 Å². The summed E-state index contributed by atoms with van der Waals surface area (Å²) in [6.07, 6.45) is 0. The smallest absolute Gasteiger partial charge is 0.258 e. The molecule has 1 N–H and O–H groups in total. The summed E-state index contributed by atoms with van der Waals surface area (Å²) in [4.78, 5) is 4.39. The summed E-state index contributed by atoms with van der Waals surface area (Å²) in [6.45, 7) is 0.475. The first kappa shape index (κ1) is 15.4. The lowest BCUT2D eigenvalue weighted by molar-refractivity contribution is 0.423. The van der Waals surface area contributed by atoms with Crippen molar-refractivity contribution in [1.29, 1.82) is 0 Å². The van der Waals surface area contributed by atoms with Crippen LogP contribution in [0.15, 0.2) is 75.9 Å². The molecule has 2 aromatic heterocycles. The minimum Gasteiger partial charge on any atom is -0.457 e. The van der Waals surface area contributed by atoms with E-state index in [4.69, 9.17) is 9.26 Å². The molecule has 2 aromatic carbocycles. The first-order valence-corrected chi connectivity index (χ1v) is 8.73. The second-order valence-electron chi connectivity index (χ2n) is 5.32. The number of ether oxygens (including phenoxy) is 1. The quantitative estimate of drug-likeness (QED) is 0.518. The number of hydrogen-bond donors (Lipinski definition) is 1. The van der Waals surface area contributed by atoms with Gasteiger partial charge in [-0.15, -0.1) is 0 Å². The van der Waals surface area contributed by atoms with E-state index < -0.39 is 0 Å². The molecule has 0 unspecified atom stereocenters. The van der Waals surface area contributed by atoms with E-state index in [2.05, 4.69) is 15.5 Å². The average molecular weight is 349 g/mol. The Morgan fingerprint density at radius 2 is 1.88 bits per heavy atom. The molecule has 0 saturated carbocycles. The van der Waals surface area contributed by atoms with Gasteiger partial charge in [-0.3, -0.25) is 0 Å². The van der Waals surface area contributed by atoms with Crippen LogP contribution in [0.5, 0.6) is 11.5 Å². The van der Waals surface area contributed by atoms with Gasteiger partial charge in [0, 0.05) is 17.1 Å². The van der Waals surface area contributed by atoms with Crippen LogP contribution in [0.25, 0.3) is 11.5 Å². The number of nitrogens with one attached hydrogen (secondary N) is 1. The van der Waals surface area contributed by atoms with Gasteiger partial charge in [0.15, 0.2) is 5.82 Å². The van der Waals surface area contributed by atoms with Crippen LogP contribution in [0.1, 0.15) is 5.82 Å². The van der Waals surface area contributed by atoms with Crippen LogP contribution in [0, 0.1) is 0 Å². The molecule has 0 radical (unpaired) electrons. The van der Waals surface area contributed by atoms with E-state index in [0.29, 0.717) is 18.3 Å². The summed E-state index contributed by atoms with van der Waals surface area (Å²) in [7, 11) is 0. The van der Waals surface area contributed by atoms with Crippen LogP contribution in [-0.4, -0.2) is 10.1 Å². The van der Waals surface area contributed by atoms with Gasteiger partial charge in [0.1, 0.15) is 11.5 Å². The Hall–Kier alpha value is -3.12. The molecular weight excluding hydrogens is 334 g/mol. The molecule has 0 saturated heterocycles. The van der Waals surface area contributed by atoms with E-state index in [1.54, 1.807) is 11.3 Å². The second kappa shape index (κ2) is 7.19. The van der Waals surface area contributed by atoms with Gasteiger partial charge in [-0.25, -0.2) is 0 Å². The van der Waals surface area contributed by atoms with Gasteiger partial charge >= 0.3 is 0 Å². The highest BCUT2D eigenvalue weighted by atomic mass is 32.1. The highest BCUT2D eigenvalue weighted by Crippen LogP contribution is 2.24. The van der Waals surface area contributed by atoms with Crippen LogP contribution < -0.4 is 10.1 Å². The number of benzene rings is 2. The molecule has 124 valence electrons. The van der Waals surface area contributed by atoms with Gasteiger partial charge in [-0.1, -0.05) is 29.4 Å². The predicted octanol–water partition coefficient (Wildman–Crippen LogP) is 5.20. The number of anilines is 1. The first-order valence-electron chi connectivity index (χ1n) is 7.79. The van der Waals surface area contributed by atoms with Gasteiger partial charge < -0.3 is 14.6 Å². The van der Waals surface area contributed by atoms with Crippen molar-refractivity contribution in [3.05, 3.63) is 77.2 Å². The third-order valence-electron chi connectivity index (χ3n) is 3.50. The fourth-order valence-corrected chi connectivity index (χ4v) is 2.93. The fourth-order valence-electron chi connectivity index (χ4n) is 2.30. The summed E-state index contributed by atoms with van der Waals surface area (Å²) in [5.74, 6) is 2.72. The van der Waals surface area contributed by atoms with E-state index in [1.165, 1.54) is 0 Å². The number of nitrogens with zero attached hydrogens (tertiary/aromatic N) is 2. The largest absolute Gasteiger partial charge is 0.457 e. The number of rotatable bonds is 6. The lowest BCUT2D eigenvalue weighted by Crippen LogP contribution is -2.01. The van der Waals surface area contributed by atoms with Crippen molar-refractivity contribution in [2.45, 2.75) is 6.54 Å². The Kier molecular flexibility index (Phi) is 4.43. The standard InChI is InChI=1S/C19H15N3O2S/c1-2-6-16(7-3-1)23-17-8-4-5-15(11-17)20-12-18-21-19(24-22-18)14-9-10-25-13-14/h1-11,13,20H,12H2. The average Bonchev–Trinajstić information content (AvgIpc) is 3.33. The zero-order valence-corrected chi connectivity index (χ0v) is 14.1. The summed E-state index contributed by atoms with van der Waals surface area (Å²) >= 11 is 1.60. The Labute approximate surface area is 148 Å². The van der Waals surface area contributed by atoms with E-state index in [-0.39, 0.29) is 0 Å². The molecule has 0 aliphatic carbocycles. The molecule has 4 rings (SSSR count). The van der Waals surface area contributed by atoms with Crippen LogP contribution in [0.2, 0.25) is 0 Å². The Morgan fingerprint density at radius 1 is 1.00 bits per heavy atom. The van der Waals surface area contributed by atoms with Crippen LogP contribution in [0.3, 0.4) is 0 Å². The van der Waals surface area contributed by atoms with Crippen LogP contribution in [-0.2, 0) is 6.54 Å². The predicted molar refractivity (Wildman–Crippen MR) is 97.9 cm³/mol. The summed E-state index contributed by atoms with van der Waals surface area (Å²) in [5, 5.41) is 11.2. The topological polar surface area (TPSA) is 60.2 Å². The third kappa shape index (κ3) is 3.87. The molecule has 0 aliphatic rings. The fraction of sp³-hybridized carbons (Fsp3) is 0.0526. The third-order valence-corrected chi connectivity index (χ3v) is 4.18. The molecule has 4 aromatic rings. The number of hydrogen-bond acceptors (Lipinski definition) is 6. The number of aromatic nitrogens is 2. The molecule has 0 spiro atoms. The van der Waals surface area contributed by atoms with Gasteiger partial charge in [-0.2, -0.15) is 16.3 Å². The van der Waals surface area contributed by atoms with Crippen LogP contribution >= 0.6 is 11.3 Å². The van der Waals surface area contributed by atoms with Gasteiger partial charge in [0.2, 0.25) is 0 Å². The highest BCUT2D eigenvalue weighted by Gasteiger charge is 2.09. The molecule has 0 fully saturated rings. The molecule has 0 bridgehead atoms. The van der Waals surface area contributed by atoms with Crippen molar-refractivity contribution < 1.29 is 9.26 Å². The first-order chi connectivity index (χ1) is 12.4. The Bertz CT molecular complexity index is 936. The van der Waals surface area contributed by atoms with Gasteiger partial charge in [0.25, 0.3) is 5.89 Å². The SMILES string of the molecule is c1ccc(Oc2cccc(NCc3noc(-c4ccsc4)n3)c2)cc1. The summed E-state index contributed by atoms with van der Waals surface area (Å²) < 4.78 is 11.1. The lowest BCUT2D eigenvalue weighted by Gasteiger charge is -2.08. The van der Waals surface area contributed by atoms with E-state index >= 15 is 0 Å². The van der Waals surface area contributed by atoms with Crippen molar-refractivity contribution in [1.82, 2.24) is 10.1 Å². The molecule has 25 heavy (non-hydrogen) atoms. The van der Waals surface area contributed by atoms with Crippen molar-refractivity contribution >= 4 is 17.0 Å². The minimum atomic E-state index is 0.475. The molecular formula is C19H15N3O2S. The monoisotopic (exact) mass is 349 g/mol. The minimum absolute atomic E-state index is 0.475. The normalized spacial score (nSPS) is 10.6. The zero-order chi connectivity index (χ0) is 16.9. The number of thiophene rings is 1. The number of para-hydroxylation sites is 1. The molecule has 2 heterocycles. The highest BCUT2D eigenvalue weighted by molar-refractivity contribution is 7.08. The lowest BCUT2D eigenvalue weighted by atomic mass is 10.3. The summed E-state index contributed by atoms with van der Waals surface area (Å²) in [5.41, 5.74) is 1.87. The van der Waals surface area contributed by atoms with E-state index in [0.717, 1.165) is 22.7 Å². The van der Waals surface area contributed by atoms with Crippen molar-refractivity contribution in [3.8, 4) is 23.0 Å². The van der Waals surface area contributed by atoms with Gasteiger partial charge in [-0.05, 0) is 35.7 Å². The maximum atomic E-state index is 5.84. The Morgan fingerprint density at radius 3 is 2.72 bits per heavy atom. The van der Waals surface area contributed by atoms with E-state index in [9.17, 15) is 0 Å². The zero-order valence-electron chi connectivity index (χ0n) is 13.3. The molecule has 6 heteroatoms. The van der Waals surface area contributed by atoms with Crippen molar-refractivity contribution in [2.75, 3.05) is 5.32 Å². The second-order valence-corrected chi connectivity index (χ2v) is 6.10. The van der Waals surface area contributed by atoms with Crippen molar-refractivity contribution in [3.63, 3.8) is 0 Å². The molecule has 0 aliphatic heterocycles. The molecule has 0 amide bonds. The van der Waals surface area contributed by atoms with Gasteiger partial charge in [0.05, 0.1) is 12.1 Å². The maximum Gasteiger partial charge on any atom is 0.258 e. The van der Waals surface area contributed by atoms with Crippen LogP contribution in [0.4, 0.5) is 5.69 Å². The summed E-state index contributed by atoms with van der Waals surface area (Å²) in [6, 6.07) is 19.4. The molecule has 0 atom stereocenters. The molecule has 5 nitrogen and oxygen atoms in total. The maximum absolute atomic E-state index is 5.84. The Balaban J connectivity index is 1.41.